The van der Waals surface area contributed by atoms with Crippen LogP contribution in [0.15, 0.2) is 43.5 Å². The first-order chi connectivity index (χ1) is 7.85. The molecule has 0 heterocycles. The van der Waals surface area contributed by atoms with Gasteiger partial charge in [0.05, 0.1) is 0 Å². The summed E-state index contributed by atoms with van der Waals surface area (Å²) in [6, 6.07) is 8.52. The molecule has 1 heteroatoms. The summed E-state index contributed by atoms with van der Waals surface area (Å²) < 4.78 is 0. The Labute approximate surface area is 105 Å². The first-order valence-corrected chi connectivity index (χ1v) is 5.96. The van der Waals surface area contributed by atoms with Crippen LogP contribution in [0.5, 0.6) is 0 Å². The van der Waals surface area contributed by atoms with Crippen molar-refractivity contribution in [3.63, 3.8) is 0 Å². The van der Waals surface area contributed by atoms with Gasteiger partial charge in [-0.3, -0.25) is 0 Å². The van der Waals surface area contributed by atoms with Crippen LogP contribution in [0.3, 0.4) is 0 Å². The highest BCUT2D eigenvalue weighted by atomic mass is 15.1. The average Bonchev–Trinajstić information content (AvgIpc) is 2.28. The number of hydrogen-bond acceptors (Lipinski definition) is 1. The highest BCUT2D eigenvalue weighted by molar-refractivity contribution is 5.63. The molecule has 0 spiro atoms. The van der Waals surface area contributed by atoms with E-state index in [0.717, 1.165) is 12.1 Å². The van der Waals surface area contributed by atoms with Crippen LogP contribution in [0.4, 0.5) is 5.69 Å². The van der Waals surface area contributed by atoms with Crippen molar-refractivity contribution in [2.45, 2.75) is 20.8 Å². The van der Waals surface area contributed by atoms with Gasteiger partial charge in [0.25, 0.3) is 0 Å². The summed E-state index contributed by atoms with van der Waals surface area (Å²) in [5, 5.41) is 0. The molecule has 92 valence electrons. The third-order valence-corrected chi connectivity index (χ3v) is 3.00. The van der Waals surface area contributed by atoms with Crippen molar-refractivity contribution in [2.24, 2.45) is 5.41 Å². The van der Waals surface area contributed by atoms with E-state index in [4.69, 9.17) is 0 Å². The molecule has 0 amide bonds. The highest BCUT2D eigenvalue weighted by Crippen LogP contribution is 2.23. The number of anilines is 1. The topological polar surface area (TPSA) is 3.24 Å². The number of benzene rings is 1. The molecular formula is C16H23N. The van der Waals surface area contributed by atoms with Crippen molar-refractivity contribution in [3.05, 3.63) is 49.1 Å². The monoisotopic (exact) mass is 229 g/mol. The summed E-state index contributed by atoms with van der Waals surface area (Å²) in [6.07, 6.45) is 2.01. The van der Waals surface area contributed by atoms with Gasteiger partial charge in [-0.2, -0.15) is 0 Å². The average molecular weight is 229 g/mol. The number of hydrogen-bond donors (Lipinski definition) is 0. The van der Waals surface area contributed by atoms with Crippen LogP contribution in [0.2, 0.25) is 0 Å². The number of rotatable bonds is 5. The Hall–Kier alpha value is -1.50. The number of allylic oxidation sites excluding steroid dienone is 1. The summed E-state index contributed by atoms with van der Waals surface area (Å²) in [4.78, 5) is 2.25. The SMILES string of the molecule is C=CC(C)(C)CN(C)c1ccc(C(=C)C)cc1. The Balaban J connectivity index is 2.80. The van der Waals surface area contributed by atoms with Crippen LogP contribution in [0.25, 0.3) is 5.57 Å². The third-order valence-electron chi connectivity index (χ3n) is 3.00. The summed E-state index contributed by atoms with van der Waals surface area (Å²) in [5.74, 6) is 0. The van der Waals surface area contributed by atoms with Crippen LogP contribution in [0.1, 0.15) is 26.3 Å². The summed E-state index contributed by atoms with van der Waals surface area (Å²) in [6.45, 7) is 15.2. The molecule has 0 bridgehead atoms. The van der Waals surface area contributed by atoms with Crippen molar-refractivity contribution >= 4 is 11.3 Å². The van der Waals surface area contributed by atoms with Crippen molar-refractivity contribution in [2.75, 3.05) is 18.5 Å². The van der Waals surface area contributed by atoms with Gasteiger partial charge in [0.1, 0.15) is 0 Å². The van der Waals surface area contributed by atoms with Gasteiger partial charge in [0, 0.05) is 19.3 Å². The molecule has 1 aromatic carbocycles. The number of nitrogens with zero attached hydrogens (tertiary/aromatic N) is 1. The smallest absolute Gasteiger partial charge is 0.0364 e. The van der Waals surface area contributed by atoms with E-state index in [0.29, 0.717) is 0 Å². The molecule has 0 aliphatic heterocycles. The predicted molar refractivity (Wildman–Crippen MR) is 78.4 cm³/mol. The fraction of sp³-hybridized carbons (Fsp3) is 0.375. The van der Waals surface area contributed by atoms with Crippen LogP contribution in [0, 0.1) is 5.41 Å². The molecule has 0 atom stereocenters. The summed E-state index contributed by atoms with van der Waals surface area (Å²) >= 11 is 0. The van der Waals surface area contributed by atoms with E-state index >= 15 is 0 Å². The van der Waals surface area contributed by atoms with E-state index in [1.807, 2.05) is 13.0 Å². The van der Waals surface area contributed by atoms with Crippen molar-refractivity contribution in [1.82, 2.24) is 0 Å². The molecule has 0 aliphatic carbocycles. The highest BCUT2D eigenvalue weighted by Gasteiger charge is 2.15. The lowest BCUT2D eigenvalue weighted by Crippen LogP contribution is -2.29. The van der Waals surface area contributed by atoms with Gasteiger partial charge in [-0.15, -0.1) is 6.58 Å². The Morgan fingerprint density at radius 1 is 1.29 bits per heavy atom. The maximum Gasteiger partial charge on any atom is 0.0364 e. The second kappa shape index (κ2) is 5.22. The lowest BCUT2D eigenvalue weighted by atomic mass is 9.93. The third kappa shape index (κ3) is 3.77. The lowest BCUT2D eigenvalue weighted by Gasteiger charge is -2.29. The zero-order valence-corrected chi connectivity index (χ0v) is 11.5. The normalized spacial score (nSPS) is 11.1. The second-order valence-corrected chi connectivity index (χ2v) is 5.38. The van der Waals surface area contributed by atoms with Crippen LogP contribution in [-0.4, -0.2) is 13.6 Å². The van der Waals surface area contributed by atoms with E-state index in [2.05, 4.69) is 63.2 Å². The van der Waals surface area contributed by atoms with Gasteiger partial charge < -0.3 is 4.90 Å². The predicted octanol–water partition coefficient (Wildman–Crippen LogP) is 4.37. The quantitative estimate of drug-likeness (QED) is 0.678. The molecule has 0 radical (unpaired) electrons. The van der Waals surface area contributed by atoms with Gasteiger partial charge >= 0.3 is 0 Å². The molecule has 1 aromatic rings. The minimum atomic E-state index is 0.127. The minimum Gasteiger partial charge on any atom is -0.374 e. The zero-order chi connectivity index (χ0) is 13.1. The van der Waals surface area contributed by atoms with Crippen LogP contribution >= 0.6 is 0 Å². The van der Waals surface area contributed by atoms with Gasteiger partial charge in [-0.1, -0.05) is 44.2 Å². The fourth-order valence-electron chi connectivity index (χ4n) is 1.77. The standard InChI is InChI=1S/C16H23N/c1-7-16(4,5)12-17(6)15-10-8-14(9-11-15)13(2)3/h7-11H,1-2,12H2,3-6H3. The molecule has 0 aliphatic rings. The summed E-state index contributed by atoms with van der Waals surface area (Å²) in [7, 11) is 2.11. The van der Waals surface area contributed by atoms with Gasteiger partial charge in [0.15, 0.2) is 0 Å². The van der Waals surface area contributed by atoms with E-state index in [1.54, 1.807) is 0 Å². The fourth-order valence-corrected chi connectivity index (χ4v) is 1.77. The van der Waals surface area contributed by atoms with E-state index in [1.165, 1.54) is 11.3 Å². The first-order valence-electron chi connectivity index (χ1n) is 5.96. The Bertz CT molecular complexity index is 398. The molecule has 1 rings (SSSR count). The van der Waals surface area contributed by atoms with Crippen molar-refractivity contribution in [1.29, 1.82) is 0 Å². The molecule has 1 nitrogen and oxygen atoms in total. The Kier molecular flexibility index (Phi) is 4.17. The lowest BCUT2D eigenvalue weighted by molar-refractivity contribution is 0.484. The van der Waals surface area contributed by atoms with Gasteiger partial charge in [0.2, 0.25) is 0 Å². The molecular weight excluding hydrogens is 206 g/mol. The van der Waals surface area contributed by atoms with E-state index in [-0.39, 0.29) is 5.41 Å². The minimum absolute atomic E-state index is 0.127. The molecule has 0 saturated carbocycles. The van der Waals surface area contributed by atoms with Gasteiger partial charge in [-0.05, 0) is 30.0 Å². The molecule has 0 N–H and O–H groups in total. The second-order valence-electron chi connectivity index (χ2n) is 5.38. The van der Waals surface area contributed by atoms with E-state index < -0.39 is 0 Å². The largest absolute Gasteiger partial charge is 0.374 e. The summed E-state index contributed by atoms with van der Waals surface area (Å²) in [5.41, 5.74) is 3.66. The van der Waals surface area contributed by atoms with E-state index in [9.17, 15) is 0 Å². The molecule has 0 aromatic heterocycles. The molecule has 0 unspecified atom stereocenters. The molecule has 0 fully saturated rings. The maximum absolute atomic E-state index is 3.95. The first kappa shape index (κ1) is 13.6. The zero-order valence-electron chi connectivity index (χ0n) is 11.5. The molecule has 17 heavy (non-hydrogen) atoms. The molecule has 0 saturated heterocycles. The van der Waals surface area contributed by atoms with Crippen molar-refractivity contribution < 1.29 is 0 Å². The Morgan fingerprint density at radius 2 is 1.82 bits per heavy atom. The van der Waals surface area contributed by atoms with Crippen molar-refractivity contribution in [3.8, 4) is 0 Å². The van der Waals surface area contributed by atoms with Gasteiger partial charge in [-0.25, -0.2) is 0 Å². The van der Waals surface area contributed by atoms with Crippen LogP contribution in [-0.2, 0) is 0 Å². The van der Waals surface area contributed by atoms with Crippen LogP contribution < -0.4 is 4.90 Å². The Morgan fingerprint density at radius 3 is 2.24 bits per heavy atom. The maximum atomic E-state index is 3.95.